The van der Waals surface area contributed by atoms with Crippen molar-refractivity contribution in [2.75, 3.05) is 17.7 Å². The lowest BCUT2D eigenvalue weighted by atomic mass is 10.3. The van der Waals surface area contributed by atoms with Gasteiger partial charge in [0.1, 0.15) is 12.0 Å². The first kappa shape index (κ1) is 15.3. The van der Waals surface area contributed by atoms with Crippen molar-refractivity contribution in [3.8, 4) is 5.75 Å². The summed E-state index contributed by atoms with van der Waals surface area (Å²) in [5, 5.41) is 5.05. The van der Waals surface area contributed by atoms with Gasteiger partial charge in [-0.3, -0.25) is 14.9 Å². The molecule has 122 valence electrons. The van der Waals surface area contributed by atoms with Crippen LogP contribution in [0, 0.1) is 0 Å². The van der Waals surface area contributed by atoms with Crippen molar-refractivity contribution in [3.63, 3.8) is 0 Å². The summed E-state index contributed by atoms with van der Waals surface area (Å²) in [6.45, 7) is 0. The number of oxazole rings is 1. The summed E-state index contributed by atoms with van der Waals surface area (Å²) in [4.78, 5) is 27.8. The molecule has 3 aromatic rings. The van der Waals surface area contributed by atoms with Gasteiger partial charge in [-0.2, -0.15) is 4.98 Å². The van der Waals surface area contributed by atoms with E-state index in [1.165, 1.54) is 12.3 Å². The normalized spacial score (nSPS) is 10.2. The molecular weight excluding hydrogens is 314 g/mol. The van der Waals surface area contributed by atoms with Gasteiger partial charge in [-0.1, -0.05) is 0 Å². The molecule has 24 heavy (non-hydrogen) atoms. The van der Waals surface area contributed by atoms with Crippen molar-refractivity contribution in [2.45, 2.75) is 0 Å². The van der Waals surface area contributed by atoms with Gasteiger partial charge in [-0.05, 0) is 36.4 Å². The second-order valence-electron chi connectivity index (χ2n) is 4.65. The summed E-state index contributed by atoms with van der Waals surface area (Å²) in [7, 11) is 1.56. The fourth-order valence-electron chi connectivity index (χ4n) is 1.87. The number of amides is 2. The van der Waals surface area contributed by atoms with E-state index >= 15 is 0 Å². The third-order valence-corrected chi connectivity index (χ3v) is 3.05. The van der Waals surface area contributed by atoms with Gasteiger partial charge >= 0.3 is 6.01 Å². The van der Waals surface area contributed by atoms with E-state index in [4.69, 9.17) is 13.6 Å². The first-order valence-electron chi connectivity index (χ1n) is 6.91. The van der Waals surface area contributed by atoms with Gasteiger partial charge in [0.05, 0.1) is 13.4 Å². The largest absolute Gasteiger partial charge is 0.497 e. The number of carbonyl (C=O) groups is 2. The molecule has 0 fully saturated rings. The Bertz CT molecular complexity index is 837. The standard InChI is InChI=1S/C16H13N3O5/c1-22-11-6-4-10(5-7-11)17-14(20)12-9-24-16(18-12)19-15(21)13-3-2-8-23-13/h2-9H,1H3,(H,17,20)(H,18,19,21). The quantitative estimate of drug-likeness (QED) is 0.746. The summed E-state index contributed by atoms with van der Waals surface area (Å²) < 4.78 is 15.1. The molecule has 8 heteroatoms. The molecule has 2 heterocycles. The molecule has 0 aliphatic rings. The van der Waals surface area contributed by atoms with E-state index in [2.05, 4.69) is 15.6 Å². The number of aromatic nitrogens is 1. The minimum Gasteiger partial charge on any atom is -0.497 e. The summed E-state index contributed by atoms with van der Waals surface area (Å²) in [6.07, 6.45) is 2.52. The van der Waals surface area contributed by atoms with Crippen LogP contribution in [0.5, 0.6) is 5.75 Å². The van der Waals surface area contributed by atoms with Crippen LogP contribution < -0.4 is 15.4 Å². The molecule has 0 aliphatic heterocycles. The average Bonchev–Trinajstić information content (AvgIpc) is 3.27. The lowest BCUT2D eigenvalue weighted by Gasteiger charge is -2.04. The molecule has 0 unspecified atom stereocenters. The minimum atomic E-state index is -0.524. The second-order valence-corrected chi connectivity index (χ2v) is 4.65. The van der Waals surface area contributed by atoms with Gasteiger partial charge in [-0.25, -0.2) is 0 Å². The van der Waals surface area contributed by atoms with Crippen LogP contribution >= 0.6 is 0 Å². The van der Waals surface area contributed by atoms with Crippen molar-refractivity contribution >= 4 is 23.5 Å². The molecule has 0 bridgehead atoms. The van der Waals surface area contributed by atoms with Crippen molar-refractivity contribution in [1.82, 2.24) is 4.98 Å². The molecule has 0 spiro atoms. The highest BCUT2D eigenvalue weighted by molar-refractivity contribution is 6.04. The van der Waals surface area contributed by atoms with E-state index in [9.17, 15) is 9.59 Å². The van der Waals surface area contributed by atoms with Crippen LogP contribution in [0.25, 0.3) is 0 Å². The van der Waals surface area contributed by atoms with Crippen LogP contribution in [0.2, 0.25) is 0 Å². The first-order chi connectivity index (χ1) is 11.7. The number of nitrogens with zero attached hydrogens (tertiary/aromatic N) is 1. The number of hydrogen-bond donors (Lipinski definition) is 2. The Morgan fingerprint density at radius 2 is 1.83 bits per heavy atom. The maximum absolute atomic E-state index is 12.1. The third kappa shape index (κ3) is 3.43. The number of ether oxygens (including phenoxy) is 1. The Morgan fingerprint density at radius 3 is 2.50 bits per heavy atom. The van der Waals surface area contributed by atoms with E-state index in [0.29, 0.717) is 11.4 Å². The molecule has 2 N–H and O–H groups in total. The fourth-order valence-corrected chi connectivity index (χ4v) is 1.87. The molecule has 8 nitrogen and oxygen atoms in total. The van der Waals surface area contributed by atoms with E-state index in [0.717, 1.165) is 6.26 Å². The molecule has 0 saturated heterocycles. The predicted molar refractivity (Wildman–Crippen MR) is 84.1 cm³/mol. The molecule has 0 radical (unpaired) electrons. The highest BCUT2D eigenvalue weighted by Gasteiger charge is 2.16. The maximum Gasteiger partial charge on any atom is 0.302 e. The number of nitrogens with one attached hydrogen (secondary N) is 2. The molecule has 0 saturated carbocycles. The molecular formula is C16H13N3O5. The molecule has 3 rings (SSSR count). The zero-order valence-corrected chi connectivity index (χ0v) is 12.6. The first-order valence-corrected chi connectivity index (χ1v) is 6.91. The van der Waals surface area contributed by atoms with E-state index in [1.807, 2.05) is 0 Å². The highest BCUT2D eigenvalue weighted by Crippen LogP contribution is 2.16. The number of benzene rings is 1. The Labute approximate surface area is 136 Å². The second kappa shape index (κ2) is 6.69. The SMILES string of the molecule is COc1ccc(NC(=O)c2coc(NC(=O)c3ccco3)n2)cc1. The van der Waals surface area contributed by atoms with Gasteiger partial charge in [0.2, 0.25) is 0 Å². The van der Waals surface area contributed by atoms with Gasteiger partial charge < -0.3 is 18.9 Å². The summed E-state index contributed by atoms with van der Waals surface area (Å²) in [6, 6.07) is 9.79. The van der Waals surface area contributed by atoms with Crippen LogP contribution in [0.4, 0.5) is 11.7 Å². The Kier molecular flexibility index (Phi) is 4.28. The van der Waals surface area contributed by atoms with Crippen LogP contribution in [0.3, 0.4) is 0 Å². The van der Waals surface area contributed by atoms with Crippen LogP contribution in [-0.4, -0.2) is 23.9 Å². The monoisotopic (exact) mass is 327 g/mol. The minimum absolute atomic E-state index is 0.0283. The number of hydrogen-bond acceptors (Lipinski definition) is 6. The smallest absolute Gasteiger partial charge is 0.302 e. The van der Waals surface area contributed by atoms with Crippen LogP contribution in [0.1, 0.15) is 21.0 Å². The van der Waals surface area contributed by atoms with Crippen LogP contribution in [-0.2, 0) is 0 Å². The average molecular weight is 327 g/mol. The number of methoxy groups -OCH3 is 1. The Morgan fingerprint density at radius 1 is 1.04 bits per heavy atom. The molecule has 2 amide bonds. The van der Waals surface area contributed by atoms with Crippen molar-refractivity contribution in [1.29, 1.82) is 0 Å². The van der Waals surface area contributed by atoms with E-state index in [1.54, 1.807) is 37.4 Å². The zero-order valence-electron chi connectivity index (χ0n) is 12.6. The lowest BCUT2D eigenvalue weighted by Crippen LogP contribution is -2.14. The summed E-state index contributed by atoms with van der Waals surface area (Å²) >= 11 is 0. The van der Waals surface area contributed by atoms with Gasteiger partial charge in [-0.15, -0.1) is 0 Å². The summed E-state index contributed by atoms with van der Waals surface area (Å²) in [5.74, 6) is -0.207. The van der Waals surface area contributed by atoms with Crippen molar-refractivity contribution < 1.29 is 23.2 Å². The lowest BCUT2D eigenvalue weighted by molar-refractivity contribution is 0.0990. The topological polar surface area (TPSA) is 107 Å². The highest BCUT2D eigenvalue weighted by atomic mass is 16.5. The van der Waals surface area contributed by atoms with E-state index < -0.39 is 11.8 Å². The number of carbonyl (C=O) groups excluding carboxylic acids is 2. The van der Waals surface area contributed by atoms with Gasteiger partial charge in [0, 0.05) is 5.69 Å². The van der Waals surface area contributed by atoms with E-state index in [-0.39, 0.29) is 17.5 Å². The maximum atomic E-state index is 12.1. The van der Waals surface area contributed by atoms with Crippen molar-refractivity contribution in [3.05, 3.63) is 60.4 Å². The van der Waals surface area contributed by atoms with Crippen LogP contribution in [0.15, 0.2) is 57.8 Å². The van der Waals surface area contributed by atoms with Crippen molar-refractivity contribution in [2.24, 2.45) is 0 Å². The number of rotatable bonds is 5. The Hall–Kier alpha value is -3.55. The fraction of sp³-hybridized carbons (Fsp3) is 0.0625. The molecule has 0 aliphatic carbocycles. The van der Waals surface area contributed by atoms with Gasteiger partial charge in [0.25, 0.3) is 11.8 Å². The predicted octanol–water partition coefficient (Wildman–Crippen LogP) is 2.78. The molecule has 0 atom stereocenters. The number of furan rings is 1. The molecule has 1 aromatic carbocycles. The third-order valence-electron chi connectivity index (χ3n) is 3.05. The Balaban J connectivity index is 1.63. The number of anilines is 2. The summed E-state index contributed by atoms with van der Waals surface area (Å²) in [5.41, 5.74) is 0.602. The van der Waals surface area contributed by atoms with Gasteiger partial charge in [0.15, 0.2) is 11.5 Å². The molecule has 2 aromatic heterocycles. The zero-order chi connectivity index (χ0) is 16.9.